The molecule has 1 unspecified atom stereocenters. The van der Waals surface area contributed by atoms with Gasteiger partial charge in [-0.05, 0) is 41.9 Å². The minimum absolute atomic E-state index is 0.0982. The number of hydrogen-bond acceptors (Lipinski definition) is 6. The van der Waals surface area contributed by atoms with Crippen LogP contribution < -0.4 is 15.5 Å². The van der Waals surface area contributed by atoms with Crippen molar-refractivity contribution in [1.29, 1.82) is 0 Å². The van der Waals surface area contributed by atoms with Gasteiger partial charge in [-0.25, -0.2) is 9.37 Å². The highest BCUT2D eigenvalue weighted by atomic mass is 19.1. The summed E-state index contributed by atoms with van der Waals surface area (Å²) in [6.07, 6.45) is 8.85. The Hall–Kier alpha value is -3.03. The summed E-state index contributed by atoms with van der Waals surface area (Å²) in [6.45, 7) is 2.27. The van der Waals surface area contributed by atoms with Crippen LogP contribution in [0.2, 0.25) is 0 Å². The van der Waals surface area contributed by atoms with Crippen LogP contribution in [0, 0.1) is 23.6 Å². The number of amides is 1. The molecule has 28 heavy (non-hydrogen) atoms. The second kappa shape index (κ2) is 7.92. The number of aromatic nitrogens is 3. The highest BCUT2D eigenvalue weighted by Crippen LogP contribution is 2.54. The van der Waals surface area contributed by atoms with Crippen molar-refractivity contribution in [2.45, 2.75) is 6.42 Å². The lowest BCUT2D eigenvalue weighted by Gasteiger charge is -2.21. The van der Waals surface area contributed by atoms with Crippen LogP contribution in [0.4, 0.5) is 16.2 Å². The maximum atomic E-state index is 14.0. The minimum atomic E-state index is -0.385. The molecule has 3 atom stereocenters. The van der Waals surface area contributed by atoms with Crippen molar-refractivity contribution in [3.8, 4) is 0 Å². The number of anilines is 2. The number of carbonyl (C=O) groups is 1. The highest BCUT2D eigenvalue weighted by Gasteiger charge is 2.55. The van der Waals surface area contributed by atoms with Crippen LogP contribution in [0.5, 0.6) is 0 Å². The fourth-order valence-corrected chi connectivity index (χ4v) is 4.02. The molecular formula is C20H23FN6O. The maximum absolute atomic E-state index is 14.0. The number of nitrogens with zero attached hydrogens (tertiary/aromatic N) is 4. The van der Waals surface area contributed by atoms with Gasteiger partial charge in [0.2, 0.25) is 11.9 Å². The molecule has 2 fully saturated rings. The predicted molar refractivity (Wildman–Crippen MR) is 105 cm³/mol. The van der Waals surface area contributed by atoms with Crippen LogP contribution in [-0.4, -0.2) is 47.5 Å². The number of rotatable bonds is 7. The van der Waals surface area contributed by atoms with Gasteiger partial charge in [-0.3, -0.25) is 9.78 Å². The van der Waals surface area contributed by atoms with Crippen molar-refractivity contribution in [2.75, 3.05) is 36.9 Å². The van der Waals surface area contributed by atoms with Crippen LogP contribution in [0.15, 0.2) is 36.8 Å². The molecule has 2 aromatic heterocycles. The minimum Gasteiger partial charge on any atom is -0.357 e. The summed E-state index contributed by atoms with van der Waals surface area (Å²) in [7, 11) is 1.72. The molecule has 0 spiro atoms. The Balaban J connectivity index is 1.21. The molecule has 1 saturated heterocycles. The first kappa shape index (κ1) is 18.3. The predicted octanol–water partition coefficient (Wildman–Crippen LogP) is 1.95. The Labute approximate surface area is 163 Å². The first-order valence-corrected chi connectivity index (χ1v) is 9.47. The number of halogens is 1. The van der Waals surface area contributed by atoms with Crippen molar-refractivity contribution >= 4 is 23.7 Å². The first-order valence-electron chi connectivity index (χ1n) is 9.47. The number of nitrogens with one attached hydrogen (secondary N) is 2. The summed E-state index contributed by atoms with van der Waals surface area (Å²) in [5.41, 5.74) is 0.896. The van der Waals surface area contributed by atoms with Gasteiger partial charge >= 0.3 is 0 Å². The van der Waals surface area contributed by atoms with Crippen molar-refractivity contribution < 1.29 is 9.18 Å². The third kappa shape index (κ3) is 3.95. The van der Waals surface area contributed by atoms with E-state index in [0.29, 0.717) is 36.1 Å². The normalized spacial score (nSPS) is 22.9. The largest absolute Gasteiger partial charge is 0.357 e. The molecule has 4 rings (SSSR count). The molecule has 146 valence electrons. The molecule has 1 aliphatic heterocycles. The fourth-order valence-electron chi connectivity index (χ4n) is 4.02. The zero-order chi connectivity index (χ0) is 19.5. The summed E-state index contributed by atoms with van der Waals surface area (Å²) in [5.74, 6) is 2.01. The molecule has 1 saturated carbocycles. The number of fused-ring (bicyclic) bond motifs is 1. The summed E-state index contributed by atoms with van der Waals surface area (Å²) in [5, 5.41) is 5.78. The van der Waals surface area contributed by atoms with Gasteiger partial charge in [0.25, 0.3) is 0 Å². The lowest BCUT2D eigenvalue weighted by molar-refractivity contribution is -0.116. The van der Waals surface area contributed by atoms with Crippen LogP contribution in [0.1, 0.15) is 12.0 Å². The van der Waals surface area contributed by atoms with E-state index in [2.05, 4.69) is 25.6 Å². The van der Waals surface area contributed by atoms with Crippen LogP contribution in [0.3, 0.4) is 0 Å². The second-order valence-electron chi connectivity index (χ2n) is 7.21. The first-order chi connectivity index (χ1) is 13.7. The second-order valence-corrected chi connectivity index (χ2v) is 7.21. The number of carbonyl (C=O) groups excluding carboxylic acids is 1. The molecule has 2 aromatic rings. The van der Waals surface area contributed by atoms with E-state index in [1.54, 1.807) is 25.5 Å². The Morgan fingerprint density at radius 3 is 2.89 bits per heavy atom. The van der Waals surface area contributed by atoms with E-state index in [4.69, 9.17) is 0 Å². The molecule has 8 heteroatoms. The van der Waals surface area contributed by atoms with Crippen molar-refractivity contribution in [3.63, 3.8) is 0 Å². The van der Waals surface area contributed by atoms with E-state index in [1.165, 1.54) is 12.3 Å². The van der Waals surface area contributed by atoms with Crippen LogP contribution >= 0.6 is 0 Å². The average molecular weight is 382 g/mol. The lowest BCUT2D eigenvalue weighted by atomic mass is 10.2. The lowest BCUT2D eigenvalue weighted by Crippen LogP contribution is -2.28. The topological polar surface area (TPSA) is 83.0 Å². The van der Waals surface area contributed by atoms with Crippen LogP contribution in [0.25, 0.3) is 6.08 Å². The van der Waals surface area contributed by atoms with Crippen LogP contribution in [-0.2, 0) is 4.79 Å². The monoisotopic (exact) mass is 382 g/mol. The van der Waals surface area contributed by atoms with Crippen molar-refractivity contribution in [2.24, 2.45) is 17.8 Å². The Bertz CT molecular complexity index is 862. The summed E-state index contributed by atoms with van der Waals surface area (Å²) in [6, 6.07) is 3.73. The van der Waals surface area contributed by atoms with Gasteiger partial charge in [0.1, 0.15) is 0 Å². The molecule has 0 bridgehead atoms. The van der Waals surface area contributed by atoms with Gasteiger partial charge in [0.15, 0.2) is 11.6 Å². The summed E-state index contributed by atoms with van der Waals surface area (Å²) >= 11 is 0. The summed E-state index contributed by atoms with van der Waals surface area (Å²) in [4.78, 5) is 26.1. The molecule has 3 heterocycles. The molecule has 0 radical (unpaired) electrons. The van der Waals surface area contributed by atoms with E-state index in [9.17, 15) is 9.18 Å². The van der Waals surface area contributed by atoms with Gasteiger partial charge in [0, 0.05) is 45.2 Å². The molecule has 2 N–H and O–H groups in total. The van der Waals surface area contributed by atoms with Gasteiger partial charge in [-0.1, -0.05) is 6.07 Å². The number of pyridine rings is 1. The third-order valence-electron chi connectivity index (χ3n) is 5.51. The Morgan fingerprint density at radius 2 is 2.18 bits per heavy atom. The number of piperidine rings is 1. The molecule has 1 aliphatic carbocycles. The number of hydrogen-bond donors (Lipinski definition) is 2. The molecule has 7 nitrogen and oxygen atoms in total. The van der Waals surface area contributed by atoms with E-state index in [0.717, 1.165) is 25.1 Å². The van der Waals surface area contributed by atoms with Gasteiger partial charge < -0.3 is 15.5 Å². The standard InChI is InChI=1S/C20H23FN6O/c1-22-20-25-10-17(21)19(26-20)27-11-15-14(16(15)12-27)6-8-24-18(28)5-4-13-3-2-7-23-9-13/h2-5,7,9-10,14-16H,6,8,11-12H2,1H3,(H,24,28)(H,22,25,26)/b5-4+/t14?,15-,16+. The zero-order valence-electron chi connectivity index (χ0n) is 15.7. The van der Waals surface area contributed by atoms with Gasteiger partial charge in [0.05, 0.1) is 6.20 Å². The fraction of sp³-hybridized carbons (Fsp3) is 0.400. The quantitative estimate of drug-likeness (QED) is 0.713. The van der Waals surface area contributed by atoms with E-state index in [-0.39, 0.29) is 11.7 Å². The van der Waals surface area contributed by atoms with Crippen molar-refractivity contribution in [3.05, 3.63) is 48.2 Å². The van der Waals surface area contributed by atoms with E-state index >= 15 is 0 Å². The summed E-state index contributed by atoms with van der Waals surface area (Å²) < 4.78 is 14.0. The van der Waals surface area contributed by atoms with E-state index in [1.807, 2.05) is 17.0 Å². The van der Waals surface area contributed by atoms with Gasteiger partial charge in [-0.2, -0.15) is 4.98 Å². The molecule has 0 aromatic carbocycles. The Kier molecular flexibility index (Phi) is 5.18. The molecule has 1 amide bonds. The zero-order valence-corrected chi connectivity index (χ0v) is 15.7. The maximum Gasteiger partial charge on any atom is 0.244 e. The average Bonchev–Trinajstić information content (AvgIpc) is 3.16. The Morgan fingerprint density at radius 1 is 1.36 bits per heavy atom. The van der Waals surface area contributed by atoms with E-state index < -0.39 is 0 Å². The van der Waals surface area contributed by atoms with Crippen molar-refractivity contribution in [1.82, 2.24) is 20.3 Å². The third-order valence-corrected chi connectivity index (χ3v) is 5.51. The SMILES string of the molecule is CNc1ncc(F)c(N2C[C@@H]3C(CCNC(=O)/C=C/c4cccnc4)[C@@H]3C2)n1. The molecule has 2 aliphatic rings. The van der Waals surface area contributed by atoms with Gasteiger partial charge in [-0.15, -0.1) is 0 Å². The highest BCUT2D eigenvalue weighted by molar-refractivity contribution is 5.91. The smallest absolute Gasteiger partial charge is 0.244 e. The molecular weight excluding hydrogens is 359 g/mol.